The molecular weight excluding hydrogens is 276 g/mol. The lowest BCUT2D eigenvalue weighted by atomic mass is 9.92. The van der Waals surface area contributed by atoms with E-state index in [1.54, 1.807) is 6.07 Å². The number of aromatic nitrogens is 1. The number of rotatable bonds is 5. The smallest absolute Gasteiger partial charge is 0.223 e. The van der Waals surface area contributed by atoms with Gasteiger partial charge in [-0.1, -0.05) is 27.2 Å². The highest BCUT2D eigenvalue weighted by Gasteiger charge is 2.24. The molecular formula is C18H30N2O2. The molecule has 4 nitrogen and oxygen atoms in total. The van der Waals surface area contributed by atoms with Crippen molar-refractivity contribution in [2.24, 2.45) is 11.8 Å². The van der Waals surface area contributed by atoms with Crippen LogP contribution in [-0.4, -0.2) is 27.7 Å². The molecule has 0 saturated carbocycles. The first-order valence-electron chi connectivity index (χ1n) is 8.57. The lowest BCUT2D eigenvalue weighted by Gasteiger charge is -2.35. The van der Waals surface area contributed by atoms with E-state index in [1.807, 2.05) is 6.92 Å². The van der Waals surface area contributed by atoms with Crippen LogP contribution in [-0.2, 0) is 13.1 Å². The summed E-state index contributed by atoms with van der Waals surface area (Å²) in [4.78, 5) is 14.4. The molecule has 22 heavy (non-hydrogen) atoms. The largest absolute Gasteiger partial charge is 0.503 e. The van der Waals surface area contributed by atoms with Crippen LogP contribution in [0.5, 0.6) is 5.75 Å². The zero-order valence-electron chi connectivity index (χ0n) is 14.4. The van der Waals surface area contributed by atoms with Gasteiger partial charge in [-0.3, -0.25) is 9.69 Å². The summed E-state index contributed by atoms with van der Waals surface area (Å²) in [5.41, 5.74) is 1.49. The number of pyridine rings is 1. The molecule has 124 valence electrons. The Bertz CT molecular complexity index is 555. The minimum atomic E-state index is -0.252. The van der Waals surface area contributed by atoms with E-state index in [1.165, 1.54) is 6.42 Å². The quantitative estimate of drug-likeness (QED) is 0.909. The lowest BCUT2D eigenvalue weighted by molar-refractivity contribution is 0.129. The van der Waals surface area contributed by atoms with Gasteiger partial charge in [0.15, 0.2) is 5.75 Å². The van der Waals surface area contributed by atoms with E-state index in [0.717, 1.165) is 43.9 Å². The van der Waals surface area contributed by atoms with Crippen molar-refractivity contribution in [1.29, 1.82) is 0 Å². The highest BCUT2D eigenvalue weighted by Crippen LogP contribution is 2.25. The molecule has 0 amide bonds. The molecule has 1 aliphatic heterocycles. The van der Waals surface area contributed by atoms with Gasteiger partial charge in [-0.25, -0.2) is 0 Å². The van der Waals surface area contributed by atoms with Crippen molar-refractivity contribution in [2.75, 3.05) is 13.1 Å². The van der Waals surface area contributed by atoms with E-state index >= 15 is 0 Å². The normalized spacial score (nSPS) is 22.9. The maximum atomic E-state index is 12.0. The second-order valence-electron chi connectivity index (χ2n) is 7.09. The second kappa shape index (κ2) is 7.32. The molecule has 2 atom stereocenters. The molecule has 2 rings (SSSR count). The maximum Gasteiger partial charge on any atom is 0.223 e. The van der Waals surface area contributed by atoms with Crippen LogP contribution in [0.2, 0.25) is 0 Å². The van der Waals surface area contributed by atoms with Gasteiger partial charge in [-0.15, -0.1) is 0 Å². The SMILES string of the molecule is CCCCn1c(C)cc(=O)c(O)c1CN1CC(C)CC(C)C1. The van der Waals surface area contributed by atoms with Crippen molar-refractivity contribution in [3.8, 4) is 5.75 Å². The van der Waals surface area contributed by atoms with Gasteiger partial charge in [0.25, 0.3) is 0 Å². The molecule has 1 N–H and O–H groups in total. The first-order chi connectivity index (χ1) is 10.4. The summed E-state index contributed by atoms with van der Waals surface area (Å²) in [6.07, 6.45) is 3.42. The molecule has 0 radical (unpaired) electrons. The predicted molar refractivity (Wildman–Crippen MR) is 90.2 cm³/mol. The number of hydrogen-bond donors (Lipinski definition) is 1. The summed E-state index contributed by atoms with van der Waals surface area (Å²) in [5, 5.41) is 10.3. The standard InChI is InChI=1S/C18H30N2O2/c1-5-6-7-20-15(4)9-17(21)18(22)16(20)12-19-10-13(2)8-14(3)11-19/h9,13-14,22H,5-8,10-12H2,1-4H3. The Kier molecular flexibility index (Phi) is 5.68. The zero-order chi connectivity index (χ0) is 16.3. The Morgan fingerprint density at radius 2 is 1.91 bits per heavy atom. The minimum absolute atomic E-state index is 0.0624. The number of hydrogen-bond acceptors (Lipinski definition) is 3. The van der Waals surface area contributed by atoms with Gasteiger partial charge in [0, 0.05) is 37.9 Å². The van der Waals surface area contributed by atoms with Crippen molar-refractivity contribution in [3.05, 3.63) is 27.7 Å². The molecule has 2 heterocycles. The molecule has 0 bridgehead atoms. The van der Waals surface area contributed by atoms with Crippen LogP contribution >= 0.6 is 0 Å². The van der Waals surface area contributed by atoms with Crippen LogP contribution in [0.1, 0.15) is 51.4 Å². The van der Waals surface area contributed by atoms with E-state index in [0.29, 0.717) is 18.4 Å². The van der Waals surface area contributed by atoms with Crippen molar-refractivity contribution in [1.82, 2.24) is 9.47 Å². The Hall–Kier alpha value is -1.29. The Balaban J connectivity index is 2.29. The average Bonchev–Trinajstić information content (AvgIpc) is 2.43. The summed E-state index contributed by atoms with van der Waals surface area (Å²) in [7, 11) is 0. The first-order valence-corrected chi connectivity index (χ1v) is 8.57. The Labute approximate surface area is 133 Å². The van der Waals surface area contributed by atoms with Crippen LogP contribution in [0.4, 0.5) is 0 Å². The topological polar surface area (TPSA) is 45.5 Å². The van der Waals surface area contributed by atoms with Gasteiger partial charge >= 0.3 is 0 Å². The first kappa shape index (κ1) is 17.1. The summed E-state index contributed by atoms with van der Waals surface area (Å²) < 4.78 is 2.13. The number of aromatic hydroxyl groups is 1. The molecule has 0 aliphatic carbocycles. The molecule has 1 aromatic heterocycles. The van der Waals surface area contributed by atoms with Crippen molar-refractivity contribution < 1.29 is 5.11 Å². The summed E-state index contributed by atoms with van der Waals surface area (Å²) >= 11 is 0. The third-order valence-electron chi connectivity index (χ3n) is 4.65. The third-order valence-corrected chi connectivity index (χ3v) is 4.65. The number of unbranched alkanes of at least 4 members (excludes halogenated alkanes) is 1. The maximum absolute atomic E-state index is 12.0. The van der Waals surface area contributed by atoms with Crippen LogP contribution in [0.15, 0.2) is 10.9 Å². The monoisotopic (exact) mass is 306 g/mol. The number of likely N-dealkylation sites (tertiary alicyclic amines) is 1. The van der Waals surface area contributed by atoms with Gasteiger partial charge in [-0.2, -0.15) is 0 Å². The molecule has 1 aromatic rings. The van der Waals surface area contributed by atoms with E-state index in [9.17, 15) is 9.90 Å². The fourth-order valence-electron chi connectivity index (χ4n) is 3.74. The summed E-state index contributed by atoms with van der Waals surface area (Å²) in [6, 6.07) is 1.55. The Morgan fingerprint density at radius 3 is 2.50 bits per heavy atom. The van der Waals surface area contributed by atoms with Crippen LogP contribution < -0.4 is 5.43 Å². The summed E-state index contributed by atoms with van der Waals surface area (Å²) in [5.74, 6) is 1.28. The molecule has 1 aliphatic rings. The molecule has 4 heteroatoms. The summed E-state index contributed by atoms with van der Waals surface area (Å²) in [6.45, 7) is 12.3. The fraction of sp³-hybridized carbons (Fsp3) is 0.722. The second-order valence-corrected chi connectivity index (χ2v) is 7.09. The molecule has 1 fully saturated rings. The lowest BCUT2D eigenvalue weighted by Crippen LogP contribution is -2.39. The van der Waals surface area contributed by atoms with Crippen molar-refractivity contribution >= 4 is 0 Å². The molecule has 2 unspecified atom stereocenters. The number of piperidine rings is 1. The van der Waals surface area contributed by atoms with Crippen LogP contribution in [0.3, 0.4) is 0 Å². The van der Waals surface area contributed by atoms with E-state index in [-0.39, 0.29) is 11.2 Å². The van der Waals surface area contributed by atoms with E-state index in [2.05, 4.69) is 30.2 Å². The van der Waals surface area contributed by atoms with Crippen LogP contribution in [0, 0.1) is 18.8 Å². The molecule has 0 aromatic carbocycles. The van der Waals surface area contributed by atoms with Crippen molar-refractivity contribution in [3.63, 3.8) is 0 Å². The molecule has 1 saturated heterocycles. The fourth-order valence-corrected chi connectivity index (χ4v) is 3.74. The molecule has 0 spiro atoms. The van der Waals surface area contributed by atoms with Gasteiger partial charge < -0.3 is 9.67 Å². The van der Waals surface area contributed by atoms with Crippen LogP contribution in [0.25, 0.3) is 0 Å². The van der Waals surface area contributed by atoms with Gasteiger partial charge in [0.1, 0.15) is 0 Å². The van der Waals surface area contributed by atoms with Crippen molar-refractivity contribution in [2.45, 2.75) is 60.0 Å². The number of nitrogens with zero attached hydrogens (tertiary/aromatic N) is 2. The van der Waals surface area contributed by atoms with Gasteiger partial charge in [0.05, 0.1) is 5.69 Å². The van der Waals surface area contributed by atoms with E-state index < -0.39 is 0 Å². The highest BCUT2D eigenvalue weighted by molar-refractivity contribution is 5.29. The third kappa shape index (κ3) is 3.92. The van der Waals surface area contributed by atoms with Gasteiger partial charge in [-0.05, 0) is 31.6 Å². The zero-order valence-corrected chi connectivity index (χ0v) is 14.4. The Morgan fingerprint density at radius 1 is 1.27 bits per heavy atom. The highest BCUT2D eigenvalue weighted by atomic mass is 16.3. The average molecular weight is 306 g/mol. The van der Waals surface area contributed by atoms with E-state index in [4.69, 9.17) is 0 Å². The predicted octanol–water partition coefficient (Wildman–Crippen LogP) is 3.14. The number of aryl methyl sites for hydroxylation is 1. The minimum Gasteiger partial charge on any atom is -0.503 e. The van der Waals surface area contributed by atoms with Gasteiger partial charge in [0.2, 0.25) is 5.43 Å².